The molecule has 0 aliphatic heterocycles. The van der Waals surface area contributed by atoms with Crippen molar-refractivity contribution in [2.75, 3.05) is 0 Å². The quantitative estimate of drug-likeness (QED) is 0.661. The predicted molar refractivity (Wildman–Crippen MR) is 76.7 cm³/mol. The largest absolute Gasteiger partial charge is 0.490 e. The summed E-state index contributed by atoms with van der Waals surface area (Å²) in [6, 6.07) is 3.95. The predicted octanol–water partition coefficient (Wildman–Crippen LogP) is 3.64. The maximum Gasteiger partial charge on any atom is 0.342 e. The lowest BCUT2D eigenvalue weighted by atomic mass is 9.85. The Morgan fingerprint density at radius 3 is 2.76 bits per heavy atom. The molecule has 0 aromatic heterocycles. The first-order valence-electron chi connectivity index (χ1n) is 7.21. The zero-order valence-corrected chi connectivity index (χ0v) is 11.9. The smallest absolute Gasteiger partial charge is 0.342 e. The van der Waals surface area contributed by atoms with E-state index in [-0.39, 0.29) is 11.7 Å². The Labute approximate surface area is 122 Å². The molecular weight excluding hydrogens is 274 g/mol. The Morgan fingerprint density at radius 1 is 1.43 bits per heavy atom. The van der Waals surface area contributed by atoms with E-state index in [2.05, 4.69) is 6.92 Å². The number of carboxylic acids is 1. The van der Waals surface area contributed by atoms with Crippen molar-refractivity contribution in [2.24, 2.45) is 5.92 Å². The lowest BCUT2D eigenvalue weighted by Crippen LogP contribution is -2.29. The lowest BCUT2D eigenvalue weighted by Gasteiger charge is -2.31. The molecule has 1 fully saturated rings. The average molecular weight is 293 g/mol. The molecule has 2 unspecified atom stereocenters. The van der Waals surface area contributed by atoms with Gasteiger partial charge < -0.3 is 9.84 Å². The van der Waals surface area contributed by atoms with E-state index in [9.17, 15) is 14.9 Å². The van der Waals surface area contributed by atoms with Gasteiger partial charge in [-0.1, -0.05) is 13.3 Å². The zero-order valence-electron chi connectivity index (χ0n) is 11.9. The second-order valence-corrected chi connectivity index (χ2v) is 5.35. The summed E-state index contributed by atoms with van der Waals surface area (Å²) in [5.74, 6) is -0.480. The molecule has 0 saturated heterocycles. The summed E-state index contributed by atoms with van der Waals surface area (Å²) < 4.78 is 5.89. The molecule has 1 aliphatic carbocycles. The van der Waals surface area contributed by atoms with Gasteiger partial charge in [-0.05, 0) is 43.7 Å². The third-order valence-electron chi connectivity index (χ3n) is 4.05. The van der Waals surface area contributed by atoms with Crippen LogP contribution >= 0.6 is 0 Å². The molecule has 1 aliphatic rings. The molecule has 6 heteroatoms. The van der Waals surface area contributed by atoms with Gasteiger partial charge in [0.15, 0.2) is 0 Å². The van der Waals surface area contributed by atoms with Crippen LogP contribution in [-0.2, 0) is 0 Å². The van der Waals surface area contributed by atoms with Crippen LogP contribution in [-0.4, -0.2) is 22.1 Å². The van der Waals surface area contributed by atoms with Gasteiger partial charge in [-0.25, -0.2) is 4.79 Å². The number of nitro benzene ring substituents is 1. The fraction of sp³-hybridized carbons (Fsp3) is 0.533. The molecule has 1 N–H and O–H groups in total. The molecule has 1 aromatic carbocycles. The highest BCUT2D eigenvalue weighted by Crippen LogP contribution is 2.32. The van der Waals surface area contributed by atoms with Gasteiger partial charge in [-0.15, -0.1) is 0 Å². The van der Waals surface area contributed by atoms with E-state index >= 15 is 0 Å². The SMILES string of the molecule is CCC1CCCCC1Oc1ccc(C(=O)O)c([N+](=O)[O-])c1. The number of benzene rings is 1. The highest BCUT2D eigenvalue weighted by Gasteiger charge is 2.27. The van der Waals surface area contributed by atoms with Crippen molar-refractivity contribution < 1.29 is 19.6 Å². The number of ether oxygens (including phenoxy) is 1. The van der Waals surface area contributed by atoms with Gasteiger partial charge in [0.05, 0.1) is 11.0 Å². The van der Waals surface area contributed by atoms with Crippen LogP contribution in [0.5, 0.6) is 5.75 Å². The fourth-order valence-electron chi connectivity index (χ4n) is 2.89. The van der Waals surface area contributed by atoms with Crippen molar-refractivity contribution >= 4 is 11.7 Å². The first-order valence-corrected chi connectivity index (χ1v) is 7.21. The van der Waals surface area contributed by atoms with Gasteiger partial charge in [0, 0.05) is 0 Å². The molecule has 2 rings (SSSR count). The number of hydrogen-bond acceptors (Lipinski definition) is 4. The van der Waals surface area contributed by atoms with Gasteiger partial charge in [0.2, 0.25) is 0 Å². The minimum absolute atomic E-state index is 0.0547. The van der Waals surface area contributed by atoms with Crippen molar-refractivity contribution in [3.63, 3.8) is 0 Å². The van der Waals surface area contributed by atoms with Gasteiger partial charge in [0.25, 0.3) is 5.69 Å². The maximum absolute atomic E-state index is 11.0. The number of aromatic carboxylic acids is 1. The number of hydrogen-bond donors (Lipinski definition) is 1. The van der Waals surface area contributed by atoms with E-state index in [1.165, 1.54) is 24.6 Å². The number of nitrogens with zero attached hydrogens (tertiary/aromatic N) is 1. The monoisotopic (exact) mass is 293 g/mol. The van der Waals surface area contributed by atoms with Crippen molar-refractivity contribution in [1.82, 2.24) is 0 Å². The summed E-state index contributed by atoms with van der Waals surface area (Å²) >= 11 is 0. The number of carbonyl (C=O) groups is 1. The van der Waals surface area contributed by atoms with Gasteiger partial charge in [-0.2, -0.15) is 0 Å². The first kappa shape index (κ1) is 15.3. The molecule has 21 heavy (non-hydrogen) atoms. The molecular formula is C15H19NO5. The van der Waals surface area contributed by atoms with Gasteiger partial charge in [-0.3, -0.25) is 10.1 Å². The van der Waals surface area contributed by atoms with Crippen LogP contribution in [0.2, 0.25) is 0 Å². The molecule has 0 bridgehead atoms. The number of carboxylic acid groups (broad SMARTS) is 1. The van der Waals surface area contributed by atoms with Crippen molar-refractivity contribution in [3.8, 4) is 5.75 Å². The summed E-state index contributed by atoms with van der Waals surface area (Å²) in [6.07, 6.45) is 5.40. The van der Waals surface area contributed by atoms with Gasteiger partial charge >= 0.3 is 5.97 Å². The summed E-state index contributed by atoms with van der Waals surface area (Å²) in [7, 11) is 0. The third kappa shape index (κ3) is 3.51. The minimum Gasteiger partial charge on any atom is -0.490 e. The van der Waals surface area contributed by atoms with E-state index in [1.807, 2.05) is 0 Å². The summed E-state index contributed by atoms with van der Waals surface area (Å²) in [6.45, 7) is 2.11. The third-order valence-corrected chi connectivity index (χ3v) is 4.05. The number of rotatable bonds is 5. The van der Waals surface area contributed by atoms with E-state index < -0.39 is 16.6 Å². The van der Waals surface area contributed by atoms with Crippen LogP contribution in [0.15, 0.2) is 18.2 Å². The molecule has 1 aromatic rings. The van der Waals surface area contributed by atoms with Crippen LogP contribution in [0.25, 0.3) is 0 Å². The van der Waals surface area contributed by atoms with Crippen molar-refractivity contribution in [1.29, 1.82) is 0 Å². The second kappa shape index (κ2) is 6.56. The standard InChI is InChI=1S/C15H19NO5/c1-2-10-5-3-4-6-14(10)21-11-7-8-12(15(17)18)13(9-11)16(19)20/h7-10,14H,2-6H2,1H3,(H,17,18). The van der Waals surface area contributed by atoms with Crippen molar-refractivity contribution in [3.05, 3.63) is 33.9 Å². The molecule has 0 spiro atoms. The molecule has 1 saturated carbocycles. The minimum atomic E-state index is -1.31. The Morgan fingerprint density at radius 2 is 2.14 bits per heavy atom. The Hall–Kier alpha value is -2.11. The average Bonchev–Trinajstić information content (AvgIpc) is 2.47. The topological polar surface area (TPSA) is 89.7 Å². The molecule has 0 radical (unpaired) electrons. The highest BCUT2D eigenvalue weighted by molar-refractivity contribution is 5.92. The fourth-order valence-corrected chi connectivity index (χ4v) is 2.89. The Kier molecular flexibility index (Phi) is 4.77. The van der Waals surface area contributed by atoms with E-state index in [1.54, 1.807) is 0 Å². The highest BCUT2D eigenvalue weighted by atomic mass is 16.6. The Balaban J connectivity index is 2.22. The molecule has 2 atom stereocenters. The molecule has 114 valence electrons. The molecule has 0 heterocycles. The Bertz CT molecular complexity index is 543. The lowest BCUT2D eigenvalue weighted by molar-refractivity contribution is -0.385. The van der Waals surface area contributed by atoms with Crippen molar-refractivity contribution in [2.45, 2.75) is 45.1 Å². The van der Waals surface area contributed by atoms with E-state index in [4.69, 9.17) is 9.84 Å². The van der Waals surface area contributed by atoms with Crippen LogP contribution < -0.4 is 4.74 Å². The van der Waals surface area contributed by atoms with Crippen LogP contribution in [0.1, 0.15) is 49.4 Å². The number of nitro groups is 1. The first-order chi connectivity index (χ1) is 10.0. The maximum atomic E-state index is 11.0. The van der Waals surface area contributed by atoms with Gasteiger partial charge in [0.1, 0.15) is 17.4 Å². The summed E-state index contributed by atoms with van der Waals surface area (Å²) in [5, 5.41) is 19.9. The second-order valence-electron chi connectivity index (χ2n) is 5.35. The van der Waals surface area contributed by atoms with Crippen LogP contribution in [0.4, 0.5) is 5.69 Å². The van der Waals surface area contributed by atoms with Crippen LogP contribution in [0.3, 0.4) is 0 Å². The molecule has 6 nitrogen and oxygen atoms in total. The summed E-state index contributed by atoms with van der Waals surface area (Å²) in [5.41, 5.74) is -0.744. The van der Waals surface area contributed by atoms with E-state index in [0.29, 0.717) is 11.7 Å². The van der Waals surface area contributed by atoms with E-state index in [0.717, 1.165) is 25.7 Å². The summed E-state index contributed by atoms with van der Waals surface area (Å²) in [4.78, 5) is 21.3. The normalized spacial score (nSPS) is 21.8. The zero-order chi connectivity index (χ0) is 15.4. The van der Waals surface area contributed by atoms with Crippen LogP contribution in [0, 0.1) is 16.0 Å². The molecule has 0 amide bonds.